The molecule has 1 aliphatic rings. The molecule has 3 aromatic rings. The molecular weight excluding hydrogens is 610 g/mol. The fourth-order valence-electron chi connectivity index (χ4n) is 4.29. The standard InChI is InChI=1S/C27H29F4N7O5S/c1-15-13-17(34-26(41)35-20-14-16(27(29,30)31)3-6-19(20)28)4-5-18(15)22-21(43-24(32)39)23(37-44-22)36-25(40)33-7-2-8-38-9-11-42-12-10-38/h3-6,13-14H,2,7-12H2,1H3,(H2,32,39)(H2,34,35,41)(H2,33,36,37,40). The third-order valence-corrected chi connectivity index (χ3v) is 7.26. The van der Waals surface area contributed by atoms with Crippen LogP contribution in [0.5, 0.6) is 5.75 Å². The van der Waals surface area contributed by atoms with Gasteiger partial charge in [-0.1, -0.05) is 6.07 Å². The summed E-state index contributed by atoms with van der Waals surface area (Å²) in [4.78, 5) is 39.1. The summed E-state index contributed by atoms with van der Waals surface area (Å²) in [7, 11) is 0. The number of morpholine rings is 1. The van der Waals surface area contributed by atoms with Crippen LogP contribution >= 0.6 is 11.5 Å². The first-order chi connectivity index (χ1) is 20.9. The Morgan fingerprint density at radius 2 is 1.82 bits per heavy atom. The molecule has 0 atom stereocenters. The number of benzene rings is 2. The van der Waals surface area contributed by atoms with Crippen LogP contribution in [0.1, 0.15) is 17.5 Å². The molecule has 0 unspecified atom stereocenters. The Balaban J connectivity index is 1.41. The van der Waals surface area contributed by atoms with Gasteiger partial charge in [0, 0.05) is 30.9 Å². The third-order valence-electron chi connectivity index (χ3n) is 6.40. The number of amides is 5. The quantitative estimate of drug-likeness (QED) is 0.159. The van der Waals surface area contributed by atoms with Gasteiger partial charge in [0.2, 0.25) is 0 Å². The van der Waals surface area contributed by atoms with E-state index in [4.69, 9.17) is 15.2 Å². The zero-order valence-corrected chi connectivity index (χ0v) is 24.2. The second-order valence-corrected chi connectivity index (χ2v) is 10.4. The second kappa shape index (κ2) is 14.3. The van der Waals surface area contributed by atoms with E-state index in [0.29, 0.717) is 60.4 Å². The van der Waals surface area contributed by atoms with E-state index in [1.165, 1.54) is 12.1 Å². The molecular formula is C27H29F4N7O5S. The first-order valence-electron chi connectivity index (χ1n) is 13.3. The Morgan fingerprint density at radius 3 is 2.50 bits per heavy atom. The number of primary amides is 1. The number of alkyl halides is 3. The van der Waals surface area contributed by atoms with E-state index in [9.17, 15) is 31.9 Å². The number of anilines is 3. The van der Waals surface area contributed by atoms with Gasteiger partial charge in [-0.15, -0.1) is 0 Å². The molecule has 2 aromatic carbocycles. The number of nitrogens with one attached hydrogen (secondary N) is 4. The van der Waals surface area contributed by atoms with Gasteiger partial charge in [0.15, 0.2) is 11.6 Å². The number of nitrogens with two attached hydrogens (primary N) is 1. The number of carbonyl (C=O) groups excluding carboxylic acids is 3. The van der Waals surface area contributed by atoms with Crippen molar-refractivity contribution in [2.24, 2.45) is 5.73 Å². The molecule has 2 heterocycles. The van der Waals surface area contributed by atoms with E-state index in [1.54, 1.807) is 13.0 Å². The first kappa shape index (κ1) is 32.4. The van der Waals surface area contributed by atoms with Gasteiger partial charge >= 0.3 is 24.3 Å². The summed E-state index contributed by atoms with van der Waals surface area (Å²) in [5.74, 6) is -1.15. The largest absolute Gasteiger partial charge is 0.416 e. The zero-order valence-electron chi connectivity index (χ0n) is 23.3. The van der Waals surface area contributed by atoms with Crippen molar-refractivity contribution in [2.75, 3.05) is 55.3 Å². The Morgan fingerprint density at radius 1 is 1.07 bits per heavy atom. The third kappa shape index (κ3) is 8.77. The predicted molar refractivity (Wildman–Crippen MR) is 155 cm³/mol. The predicted octanol–water partition coefficient (Wildman–Crippen LogP) is 5.22. The van der Waals surface area contributed by atoms with Crippen LogP contribution in [0.3, 0.4) is 0 Å². The molecule has 17 heteroatoms. The Kier molecular flexibility index (Phi) is 10.6. The van der Waals surface area contributed by atoms with Gasteiger partial charge in [0.05, 0.1) is 24.5 Å². The molecule has 0 aliphatic carbocycles. The van der Waals surface area contributed by atoms with Crippen LogP contribution < -0.4 is 31.7 Å². The van der Waals surface area contributed by atoms with E-state index in [-0.39, 0.29) is 17.3 Å². The summed E-state index contributed by atoms with van der Waals surface area (Å²) in [6, 6.07) is 4.68. The molecule has 1 aliphatic heterocycles. The summed E-state index contributed by atoms with van der Waals surface area (Å²) in [5.41, 5.74) is 4.79. The highest BCUT2D eigenvalue weighted by molar-refractivity contribution is 7.10. The minimum Gasteiger partial charge on any atom is -0.405 e. The molecule has 0 spiro atoms. The second-order valence-electron chi connectivity index (χ2n) is 9.60. The van der Waals surface area contributed by atoms with Gasteiger partial charge in [0.1, 0.15) is 10.7 Å². The summed E-state index contributed by atoms with van der Waals surface area (Å²) in [5, 5.41) is 9.78. The molecule has 0 radical (unpaired) electrons. The lowest BCUT2D eigenvalue weighted by atomic mass is 10.1. The average molecular weight is 640 g/mol. The molecule has 236 valence electrons. The minimum absolute atomic E-state index is 0.0291. The molecule has 1 aromatic heterocycles. The fraction of sp³-hybridized carbons (Fsp3) is 0.333. The van der Waals surface area contributed by atoms with Gasteiger partial charge in [-0.25, -0.2) is 18.8 Å². The van der Waals surface area contributed by atoms with Gasteiger partial charge < -0.3 is 31.2 Å². The Hall–Kier alpha value is -4.48. The van der Waals surface area contributed by atoms with Crippen LogP contribution in [0.25, 0.3) is 10.4 Å². The molecule has 44 heavy (non-hydrogen) atoms. The van der Waals surface area contributed by atoms with Crippen molar-refractivity contribution >= 4 is 46.9 Å². The number of urea groups is 2. The van der Waals surface area contributed by atoms with E-state index in [2.05, 4.69) is 30.5 Å². The molecule has 5 amide bonds. The minimum atomic E-state index is -4.72. The average Bonchev–Trinajstić information content (AvgIpc) is 3.33. The number of ether oxygens (including phenoxy) is 2. The zero-order chi connectivity index (χ0) is 31.9. The van der Waals surface area contributed by atoms with E-state index in [1.807, 2.05) is 0 Å². The maximum absolute atomic E-state index is 14.0. The molecule has 1 fully saturated rings. The van der Waals surface area contributed by atoms with Gasteiger partial charge in [-0.2, -0.15) is 17.5 Å². The van der Waals surface area contributed by atoms with Crippen LogP contribution in [0.2, 0.25) is 0 Å². The number of hydrogen-bond donors (Lipinski definition) is 5. The van der Waals surface area contributed by atoms with E-state index in [0.717, 1.165) is 31.2 Å². The molecule has 12 nitrogen and oxygen atoms in total. The van der Waals surface area contributed by atoms with Crippen molar-refractivity contribution in [3.63, 3.8) is 0 Å². The first-order valence-corrected chi connectivity index (χ1v) is 14.1. The van der Waals surface area contributed by atoms with Crippen molar-refractivity contribution in [1.82, 2.24) is 14.6 Å². The fourth-order valence-corrected chi connectivity index (χ4v) is 5.15. The van der Waals surface area contributed by atoms with Crippen molar-refractivity contribution in [1.29, 1.82) is 0 Å². The Bertz CT molecular complexity index is 1510. The molecule has 0 saturated carbocycles. The normalized spacial score (nSPS) is 13.7. The van der Waals surface area contributed by atoms with Crippen molar-refractivity contribution in [3.05, 3.63) is 53.3 Å². The number of halogens is 4. The number of rotatable bonds is 9. The van der Waals surface area contributed by atoms with Crippen LogP contribution in [0, 0.1) is 12.7 Å². The summed E-state index contributed by atoms with van der Waals surface area (Å²) in [6.07, 6.45) is -5.13. The highest BCUT2D eigenvalue weighted by Gasteiger charge is 2.31. The van der Waals surface area contributed by atoms with Crippen LogP contribution in [-0.2, 0) is 10.9 Å². The molecule has 6 N–H and O–H groups in total. The number of hydrogen-bond acceptors (Lipinski definition) is 8. The summed E-state index contributed by atoms with van der Waals surface area (Å²) >= 11 is 0.924. The molecule has 1 saturated heterocycles. The molecule has 4 rings (SSSR count). The number of aryl methyl sites for hydroxylation is 1. The molecule has 0 bridgehead atoms. The van der Waals surface area contributed by atoms with Crippen molar-refractivity contribution in [2.45, 2.75) is 19.5 Å². The van der Waals surface area contributed by atoms with Gasteiger partial charge in [-0.3, -0.25) is 10.2 Å². The summed E-state index contributed by atoms with van der Waals surface area (Å²) < 4.78 is 67.6. The summed E-state index contributed by atoms with van der Waals surface area (Å²) in [6.45, 7) is 5.91. The highest BCUT2D eigenvalue weighted by atomic mass is 32.1. The SMILES string of the molecule is Cc1cc(NC(=O)Nc2cc(C(F)(F)F)ccc2F)ccc1-c1snc(NC(=O)NCCCN2CCOCC2)c1OC(N)=O. The number of carbonyl (C=O) groups is 3. The maximum Gasteiger partial charge on any atom is 0.416 e. The lowest BCUT2D eigenvalue weighted by molar-refractivity contribution is -0.137. The van der Waals surface area contributed by atoms with E-state index < -0.39 is 41.4 Å². The van der Waals surface area contributed by atoms with Crippen LogP contribution in [0.15, 0.2) is 36.4 Å². The monoisotopic (exact) mass is 639 g/mol. The smallest absolute Gasteiger partial charge is 0.405 e. The van der Waals surface area contributed by atoms with E-state index >= 15 is 0 Å². The van der Waals surface area contributed by atoms with Crippen molar-refractivity contribution in [3.8, 4) is 16.2 Å². The van der Waals surface area contributed by atoms with Crippen molar-refractivity contribution < 1.29 is 41.4 Å². The van der Waals surface area contributed by atoms with Crippen LogP contribution in [0.4, 0.5) is 49.1 Å². The lowest BCUT2D eigenvalue weighted by Gasteiger charge is -2.26. The number of aromatic nitrogens is 1. The number of nitrogens with zero attached hydrogens (tertiary/aromatic N) is 2. The topological polar surface area (TPSA) is 160 Å². The lowest BCUT2D eigenvalue weighted by Crippen LogP contribution is -2.38. The Labute approximate surface area is 253 Å². The maximum atomic E-state index is 14.0. The van der Waals surface area contributed by atoms with Gasteiger partial charge in [-0.05, 0) is 67.3 Å². The highest BCUT2D eigenvalue weighted by Crippen LogP contribution is 2.42. The van der Waals surface area contributed by atoms with Crippen LogP contribution in [-0.4, -0.2) is 66.8 Å². The van der Waals surface area contributed by atoms with Gasteiger partial charge in [0.25, 0.3) is 0 Å².